The maximum absolute atomic E-state index is 12.1. The molecule has 0 unspecified atom stereocenters. The van der Waals surface area contributed by atoms with E-state index in [1.54, 1.807) is 30.3 Å². The summed E-state index contributed by atoms with van der Waals surface area (Å²) in [6.45, 7) is -0.108. The number of halogens is 1. The second-order valence-corrected chi connectivity index (χ2v) is 4.95. The molecule has 8 nitrogen and oxygen atoms in total. The topological polar surface area (TPSA) is 95.1 Å². The van der Waals surface area contributed by atoms with Gasteiger partial charge < -0.3 is 14.5 Å². The first-order chi connectivity index (χ1) is 11.2. The third-order valence-electron chi connectivity index (χ3n) is 2.92. The molecule has 1 aromatic carbocycles. The number of carbonyl (C=O) groups is 1. The first-order valence-electron chi connectivity index (χ1n) is 6.61. The zero-order chi connectivity index (χ0) is 16.2. The van der Waals surface area contributed by atoms with Crippen LogP contribution >= 0.6 is 11.6 Å². The van der Waals surface area contributed by atoms with Gasteiger partial charge in [-0.05, 0) is 35.5 Å². The van der Waals surface area contributed by atoms with Crippen LogP contribution in [0.1, 0.15) is 0 Å². The summed E-state index contributed by atoms with van der Waals surface area (Å²) in [5.74, 6) is 0.954. The Balaban J connectivity index is 1.69. The fourth-order valence-corrected chi connectivity index (χ4v) is 2.08. The zero-order valence-corrected chi connectivity index (χ0v) is 12.8. The monoisotopic (exact) mass is 333 g/mol. The number of ether oxygens (including phenoxy) is 1. The predicted molar refractivity (Wildman–Crippen MR) is 82.2 cm³/mol. The Labute approximate surface area is 136 Å². The smallest absolute Gasteiger partial charge is 0.248 e. The van der Waals surface area contributed by atoms with Gasteiger partial charge in [0.25, 0.3) is 0 Å². The van der Waals surface area contributed by atoms with Gasteiger partial charge in [0.1, 0.15) is 12.3 Å². The van der Waals surface area contributed by atoms with Crippen LogP contribution in [0, 0.1) is 0 Å². The van der Waals surface area contributed by atoms with E-state index >= 15 is 0 Å². The van der Waals surface area contributed by atoms with Crippen molar-refractivity contribution in [3.8, 4) is 17.3 Å². The Kier molecular flexibility index (Phi) is 4.24. The van der Waals surface area contributed by atoms with Gasteiger partial charge in [0.05, 0.1) is 19.1 Å². The fourth-order valence-electron chi connectivity index (χ4n) is 1.91. The molecule has 2 heterocycles. The summed E-state index contributed by atoms with van der Waals surface area (Å²) < 4.78 is 10.3. The summed E-state index contributed by atoms with van der Waals surface area (Å²) in [6, 6.07) is 8.36. The third kappa shape index (κ3) is 3.49. The second-order valence-electron chi connectivity index (χ2n) is 4.51. The second kappa shape index (κ2) is 6.49. The van der Waals surface area contributed by atoms with E-state index in [1.807, 2.05) is 0 Å². The SMILES string of the molecule is COc1ccc(Cl)cc1NC(=O)Cn1nnc(-c2ccco2)n1. The third-order valence-corrected chi connectivity index (χ3v) is 3.15. The van der Waals surface area contributed by atoms with Crippen LogP contribution in [-0.4, -0.2) is 33.2 Å². The van der Waals surface area contributed by atoms with Crippen molar-refractivity contribution in [2.75, 3.05) is 12.4 Å². The van der Waals surface area contributed by atoms with E-state index < -0.39 is 0 Å². The predicted octanol–water partition coefficient (Wildman–Crippen LogP) is 2.23. The first kappa shape index (κ1) is 15.0. The van der Waals surface area contributed by atoms with Crippen LogP contribution in [0.15, 0.2) is 41.0 Å². The maximum atomic E-state index is 12.1. The largest absolute Gasteiger partial charge is 0.495 e. The molecule has 0 atom stereocenters. The molecular weight excluding hydrogens is 322 g/mol. The molecule has 0 bridgehead atoms. The number of anilines is 1. The summed E-state index contributed by atoms with van der Waals surface area (Å²) in [5.41, 5.74) is 0.469. The highest BCUT2D eigenvalue weighted by Crippen LogP contribution is 2.27. The van der Waals surface area contributed by atoms with Crippen LogP contribution in [0.25, 0.3) is 11.6 Å². The van der Waals surface area contributed by atoms with E-state index in [0.717, 1.165) is 0 Å². The van der Waals surface area contributed by atoms with Crippen molar-refractivity contribution < 1.29 is 13.9 Å². The van der Waals surface area contributed by atoms with Crippen molar-refractivity contribution in [1.82, 2.24) is 20.2 Å². The minimum atomic E-state index is -0.339. The molecule has 0 radical (unpaired) electrons. The molecule has 0 fully saturated rings. The van der Waals surface area contributed by atoms with Gasteiger partial charge in [-0.3, -0.25) is 4.79 Å². The summed E-state index contributed by atoms with van der Waals surface area (Å²) in [5, 5.41) is 14.9. The molecule has 3 aromatic rings. The number of hydrogen-bond donors (Lipinski definition) is 1. The molecule has 23 heavy (non-hydrogen) atoms. The number of carbonyl (C=O) groups excluding carboxylic acids is 1. The normalized spacial score (nSPS) is 10.5. The van der Waals surface area contributed by atoms with Crippen LogP contribution in [0.2, 0.25) is 5.02 Å². The summed E-state index contributed by atoms with van der Waals surface area (Å²) in [7, 11) is 1.51. The van der Waals surface area contributed by atoms with Crippen LogP contribution in [0.3, 0.4) is 0 Å². The summed E-state index contributed by atoms with van der Waals surface area (Å²) in [4.78, 5) is 13.3. The molecule has 3 rings (SSSR count). The highest BCUT2D eigenvalue weighted by Gasteiger charge is 2.13. The molecule has 2 aromatic heterocycles. The van der Waals surface area contributed by atoms with Gasteiger partial charge in [0.2, 0.25) is 11.7 Å². The molecule has 1 N–H and O–H groups in total. The first-order valence-corrected chi connectivity index (χ1v) is 6.98. The van der Waals surface area contributed by atoms with E-state index in [2.05, 4.69) is 20.7 Å². The van der Waals surface area contributed by atoms with Crippen molar-refractivity contribution in [2.24, 2.45) is 0 Å². The standard InChI is InChI=1S/C14H12ClN5O3/c1-22-11-5-4-9(15)7-10(11)16-13(21)8-20-18-14(17-19-20)12-3-2-6-23-12/h2-7H,8H2,1H3,(H,16,21). The summed E-state index contributed by atoms with van der Waals surface area (Å²) in [6.07, 6.45) is 1.51. The lowest BCUT2D eigenvalue weighted by molar-refractivity contribution is -0.117. The Bertz CT molecular complexity index is 816. The molecule has 0 saturated carbocycles. The Morgan fingerprint density at radius 3 is 3.04 bits per heavy atom. The van der Waals surface area contributed by atoms with Crippen molar-refractivity contribution in [1.29, 1.82) is 0 Å². The van der Waals surface area contributed by atoms with Gasteiger partial charge in [-0.2, -0.15) is 4.80 Å². The Morgan fingerprint density at radius 1 is 1.43 bits per heavy atom. The average molecular weight is 334 g/mol. The minimum Gasteiger partial charge on any atom is -0.495 e. The number of benzene rings is 1. The molecule has 0 aliphatic heterocycles. The van der Waals surface area contributed by atoms with E-state index in [1.165, 1.54) is 18.2 Å². The highest BCUT2D eigenvalue weighted by atomic mass is 35.5. The molecule has 1 amide bonds. The van der Waals surface area contributed by atoms with Gasteiger partial charge in [0, 0.05) is 5.02 Å². The van der Waals surface area contributed by atoms with E-state index in [-0.39, 0.29) is 12.5 Å². The number of nitrogens with zero attached hydrogens (tertiary/aromatic N) is 4. The number of tetrazole rings is 1. The highest BCUT2D eigenvalue weighted by molar-refractivity contribution is 6.31. The number of methoxy groups -OCH3 is 1. The Morgan fingerprint density at radius 2 is 2.30 bits per heavy atom. The lowest BCUT2D eigenvalue weighted by Crippen LogP contribution is -2.20. The lowest BCUT2D eigenvalue weighted by atomic mass is 10.3. The van der Waals surface area contributed by atoms with E-state index in [4.69, 9.17) is 20.8 Å². The number of nitrogens with one attached hydrogen (secondary N) is 1. The van der Waals surface area contributed by atoms with E-state index in [9.17, 15) is 4.79 Å². The number of furan rings is 1. The van der Waals surface area contributed by atoms with Crippen molar-refractivity contribution in [2.45, 2.75) is 6.54 Å². The van der Waals surface area contributed by atoms with E-state index in [0.29, 0.717) is 28.0 Å². The van der Waals surface area contributed by atoms with Crippen LogP contribution in [0.4, 0.5) is 5.69 Å². The molecule has 0 spiro atoms. The van der Waals surface area contributed by atoms with Crippen LogP contribution < -0.4 is 10.1 Å². The molecule has 9 heteroatoms. The quantitative estimate of drug-likeness (QED) is 0.769. The van der Waals surface area contributed by atoms with Gasteiger partial charge in [-0.25, -0.2) is 0 Å². The zero-order valence-electron chi connectivity index (χ0n) is 12.1. The molecule has 0 saturated heterocycles. The van der Waals surface area contributed by atoms with Gasteiger partial charge in [0.15, 0.2) is 5.76 Å². The molecule has 0 aliphatic carbocycles. The summed E-state index contributed by atoms with van der Waals surface area (Å²) >= 11 is 5.92. The number of aromatic nitrogens is 4. The Hall–Kier alpha value is -2.87. The molecule has 118 valence electrons. The van der Waals surface area contributed by atoms with Gasteiger partial charge >= 0.3 is 0 Å². The van der Waals surface area contributed by atoms with Crippen LogP contribution in [0.5, 0.6) is 5.75 Å². The van der Waals surface area contributed by atoms with Gasteiger partial charge in [-0.15, -0.1) is 10.2 Å². The molecular formula is C14H12ClN5O3. The van der Waals surface area contributed by atoms with Crippen molar-refractivity contribution >= 4 is 23.2 Å². The maximum Gasteiger partial charge on any atom is 0.248 e. The van der Waals surface area contributed by atoms with Crippen LogP contribution in [-0.2, 0) is 11.3 Å². The fraction of sp³-hybridized carbons (Fsp3) is 0.143. The molecule has 0 aliphatic rings. The van der Waals surface area contributed by atoms with Crippen molar-refractivity contribution in [3.05, 3.63) is 41.6 Å². The number of rotatable bonds is 5. The minimum absolute atomic E-state index is 0.108. The van der Waals surface area contributed by atoms with Crippen molar-refractivity contribution in [3.63, 3.8) is 0 Å². The van der Waals surface area contributed by atoms with Gasteiger partial charge in [-0.1, -0.05) is 11.6 Å². The number of amides is 1. The lowest BCUT2D eigenvalue weighted by Gasteiger charge is -2.10. The average Bonchev–Trinajstić information content (AvgIpc) is 3.18. The number of hydrogen-bond acceptors (Lipinski definition) is 6.